The van der Waals surface area contributed by atoms with Gasteiger partial charge in [-0.25, -0.2) is 5.43 Å². The summed E-state index contributed by atoms with van der Waals surface area (Å²) in [5, 5.41) is 6.61. The lowest BCUT2D eigenvalue weighted by Crippen LogP contribution is -2.34. The number of hydrogen-bond acceptors (Lipinski definition) is 4. The first-order valence-electron chi connectivity index (χ1n) is 12.2. The van der Waals surface area contributed by atoms with Gasteiger partial charge in [0.05, 0.1) is 12.8 Å². The number of hydrazone groups is 1. The van der Waals surface area contributed by atoms with Crippen LogP contribution >= 0.6 is 15.9 Å². The molecule has 33 heavy (non-hydrogen) atoms. The fourth-order valence-electron chi connectivity index (χ4n) is 3.33. The van der Waals surface area contributed by atoms with Gasteiger partial charge in [-0.2, -0.15) is 5.10 Å². The largest absolute Gasteiger partial charge is 0.489 e. The van der Waals surface area contributed by atoms with E-state index in [9.17, 15) is 9.59 Å². The second-order valence-electron chi connectivity index (χ2n) is 8.14. The lowest BCUT2D eigenvalue weighted by atomic mass is 10.1. The molecule has 2 N–H and O–H groups in total. The molecule has 0 fully saturated rings. The standard InChI is InChI=1S/C26H40BrN3O3/c1-3-5-6-7-8-9-10-11-12-13-14-15-25(31)28-21-26(32)30-29-20-22-19-23(27)16-17-24(22)33-18-4-2/h4,16-17,19-20H,2-3,5-15,18,21H2,1H3,(H,28,31)(H,30,32). The molecular formula is C26H40BrN3O3. The van der Waals surface area contributed by atoms with Crippen LogP contribution in [0.5, 0.6) is 5.75 Å². The van der Waals surface area contributed by atoms with Crippen LogP contribution in [0.2, 0.25) is 0 Å². The van der Waals surface area contributed by atoms with Gasteiger partial charge in [0.2, 0.25) is 5.91 Å². The van der Waals surface area contributed by atoms with Crippen molar-refractivity contribution in [1.82, 2.24) is 10.7 Å². The van der Waals surface area contributed by atoms with Crippen LogP contribution in [-0.2, 0) is 9.59 Å². The third kappa shape index (κ3) is 15.3. The number of amides is 2. The number of unbranched alkanes of at least 4 members (excludes halogenated alkanes) is 10. The first-order valence-corrected chi connectivity index (χ1v) is 13.0. The zero-order valence-corrected chi connectivity index (χ0v) is 21.6. The Kier molecular flexibility index (Phi) is 16.9. The molecule has 6 nitrogen and oxygen atoms in total. The first kappa shape index (κ1) is 28.9. The van der Waals surface area contributed by atoms with Crippen LogP contribution in [0.4, 0.5) is 0 Å². The number of nitrogens with one attached hydrogen (secondary N) is 2. The predicted molar refractivity (Wildman–Crippen MR) is 140 cm³/mol. The summed E-state index contributed by atoms with van der Waals surface area (Å²) in [4.78, 5) is 23.9. The molecule has 0 radical (unpaired) electrons. The van der Waals surface area contributed by atoms with Crippen molar-refractivity contribution in [2.45, 2.75) is 84.0 Å². The Balaban J connectivity index is 2.12. The molecule has 0 aliphatic rings. The van der Waals surface area contributed by atoms with Gasteiger partial charge < -0.3 is 10.1 Å². The van der Waals surface area contributed by atoms with E-state index in [0.717, 1.165) is 17.3 Å². The summed E-state index contributed by atoms with van der Waals surface area (Å²) in [5.41, 5.74) is 3.14. The number of ether oxygens (including phenoxy) is 1. The molecule has 0 atom stereocenters. The van der Waals surface area contributed by atoms with Crippen LogP contribution in [-0.4, -0.2) is 31.2 Å². The first-order chi connectivity index (χ1) is 16.1. The number of rotatable bonds is 19. The molecule has 0 bridgehead atoms. The highest BCUT2D eigenvalue weighted by atomic mass is 79.9. The zero-order valence-electron chi connectivity index (χ0n) is 20.0. The molecule has 0 aromatic heterocycles. The quantitative estimate of drug-likeness (QED) is 0.0971. The highest BCUT2D eigenvalue weighted by Crippen LogP contribution is 2.21. The van der Waals surface area contributed by atoms with Crippen LogP contribution in [0.25, 0.3) is 0 Å². The Morgan fingerprint density at radius 3 is 2.27 bits per heavy atom. The van der Waals surface area contributed by atoms with E-state index < -0.39 is 0 Å². The Morgan fingerprint density at radius 1 is 1.00 bits per heavy atom. The average molecular weight is 523 g/mol. The lowest BCUT2D eigenvalue weighted by molar-refractivity contribution is -0.126. The molecule has 0 aliphatic heterocycles. The summed E-state index contributed by atoms with van der Waals surface area (Å²) in [6.45, 7) is 6.16. The maximum Gasteiger partial charge on any atom is 0.259 e. The van der Waals surface area contributed by atoms with Crippen LogP contribution < -0.4 is 15.5 Å². The van der Waals surface area contributed by atoms with Gasteiger partial charge in [0.25, 0.3) is 5.91 Å². The third-order valence-corrected chi connectivity index (χ3v) is 5.67. The second-order valence-corrected chi connectivity index (χ2v) is 9.05. The van der Waals surface area contributed by atoms with E-state index in [-0.39, 0.29) is 18.4 Å². The smallest absolute Gasteiger partial charge is 0.259 e. The topological polar surface area (TPSA) is 79.8 Å². The summed E-state index contributed by atoms with van der Waals surface area (Å²) in [6.07, 6.45) is 17.3. The third-order valence-electron chi connectivity index (χ3n) is 5.17. The minimum absolute atomic E-state index is 0.0908. The van der Waals surface area contributed by atoms with Crippen LogP contribution in [0, 0.1) is 0 Å². The van der Waals surface area contributed by atoms with E-state index in [2.05, 4.69) is 45.3 Å². The molecule has 0 saturated carbocycles. The van der Waals surface area contributed by atoms with E-state index in [1.54, 1.807) is 6.08 Å². The van der Waals surface area contributed by atoms with Gasteiger partial charge in [0, 0.05) is 16.5 Å². The van der Waals surface area contributed by atoms with Gasteiger partial charge in [0.1, 0.15) is 12.4 Å². The van der Waals surface area contributed by atoms with Gasteiger partial charge in [0.15, 0.2) is 0 Å². The van der Waals surface area contributed by atoms with Crippen molar-refractivity contribution in [3.05, 3.63) is 40.9 Å². The SMILES string of the molecule is C=CCOc1ccc(Br)cc1C=NNC(=O)CNC(=O)CCCCCCCCCCCCC. The van der Waals surface area contributed by atoms with E-state index in [1.165, 1.54) is 64.0 Å². The normalized spacial score (nSPS) is 10.8. The molecule has 184 valence electrons. The molecule has 0 saturated heterocycles. The Morgan fingerprint density at radius 2 is 1.64 bits per heavy atom. The van der Waals surface area contributed by atoms with E-state index >= 15 is 0 Å². The number of halogens is 1. The van der Waals surface area contributed by atoms with Crippen molar-refractivity contribution >= 4 is 34.0 Å². The molecule has 0 heterocycles. The van der Waals surface area contributed by atoms with Crippen molar-refractivity contribution < 1.29 is 14.3 Å². The van der Waals surface area contributed by atoms with Crippen molar-refractivity contribution in [3.63, 3.8) is 0 Å². The molecule has 7 heteroatoms. The van der Waals surface area contributed by atoms with Gasteiger partial charge >= 0.3 is 0 Å². The average Bonchev–Trinajstić information content (AvgIpc) is 2.80. The van der Waals surface area contributed by atoms with E-state index in [4.69, 9.17) is 4.74 Å². The van der Waals surface area contributed by atoms with Gasteiger partial charge in [-0.05, 0) is 24.6 Å². The van der Waals surface area contributed by atoms with Crippen molar-refractivity contribution in [2.24, 2.45) is 5.10 Å². The number of benzene rings is 1. The Labute approximate surface area is 207 Å². The fourth-order valence-corrected chi connectivity index (χ4v) is 3.71. The fraction of sp³-hybridized carbons (Fsp3) is 0.577. The number of carbonyl (C=O) groups excluding carboxylic acids is 2. The molecule has 1 aromatic rings. The minimum atomic E-state index is -0.373. The molecule has 0 unspecified atom stereocenters. The van der Waals surface area contributed by atoms with Crippen molar-refractivity contribution in [1.29, 1.82) is 0 Å². The summed E-state index contributed by atoms with van der Waals surface area (Å²) in [7, 11) is 0. The van der Waals surface area contributed by atoms with Crippen molar-refractivity contribution in [3.8, 4) is 5.75 Å². The van der Waals surface area contributed by atoms with Crippen LogP contribution in [0.3, 0.4) is 0 Å². The molecule has 2 amide bonds. The van der Waals surface area contributed by atoms with E-state index in [1.807, 2.05) is 18.2 Å². The van der Waals surface area contributed by atoms with Gasteiger partial charge in [-0.1, -0.05) is 99.7 Å². The highest BCUT2D eigenvalue weighted by Gasteiger charge is 2.06. The zero-order chi connectivity index (χ0) is 24.2. The lowest BCUT2D eigenvalue weighted by Gasteiger charge is -2.07. The van der Waals surface area contributed by atoms with Crippen LogP contribution in [0.1, 0.15) is 89.5 Å². The molecule has 1 rings (SSSR count). The summed E-state index contributed by atoms with van der Waals surface area (Å²) in [5.74, 6) is 0.163. The summed E-state index contributed by atoms with van der Waals surface area (Å²) in [6, 6.07) is 5.51. The number of carbonyl (C=O) groups is 2. The van der Waals surface area contributed by atoms with E-state index in [0.29, 0.717) is 24.3 Å². The Bertz CT molecular complexity index is 737. The summed E-state index contributed by atoms with van der Waals surface area (Å²) >= 11 is 3.41. The molecule has 0 aliphatic carbocycles. The molecular weight excluding hydrogens is 482 g/mol. The minimum Gasteiger partial charge on any atom is -0.489 e. The van der Waals surface area contributed by atoms with Crippen molar-refractivity contribution in [2.75, 3.05) is 13.2 Å². The van der Waals surface area contributed by atoms with Gasteiger partial charge in [-0.15, -0.1) is 0 Å². The molecule has 0 spiro atoms. The number of nitrogens with zero attached hydrogens (tertiary/aromatic N) is 1. The predicted octanol–water partition coefficient (Wildman–Crippen LogP) is 6.28. The van der Waals surface area contributed by atoms with Gasteiger partial charge in [-0.3, -0.25) is 9.59 Å². The van der Waals surface area contributed by atoms with Crippen LogP contribution in [0.15, 0.2) is 40.4 Å². The second kappa shape index (κ2) is 19.3. The number of hydrogen-bond donors (Lipinski definition) is 2. The summed E-state index contributed by atoms with van der Waals surface area (Å²) < 4.78 is 6.44. The maximum absolute atomic E-state index is 11.9. The maximum atomic E-state index is 11.9. The molecule has 1 aromatic carbocycles. The Hall–Kier alpha value is -2.15. The highest BCUT2D eigenvalue weighted by molar-refractivity contribution is 9.10. The monoisotopic (exact) mass is 521 g/mol.